The van der Waals surface area contributed by atoms with Crippen molar-refractivity contribution in [2.45, 2.75) is 38.3 Å². The van der Waals surface area contributed by atoms with Gasteiger partial charge in [-0.15, -0.1) is 0 Å². The summed E-state index contributed by atoms with van der Waals surface area (Å²) in [6, 6.07) is 6.98. The van der Waals surface area contributed by atoms with Gasteiger partial charge < -0.3 is 5.11 Å². The van der Waals surface area contributed by atoms with Gasteiger partial charge in [-0.1, -0.05) is 37.1 Å². The molecule has 3 heteroatoms. The summed E-state index contributed by atoms with van der Waals surface area (Å²) in [6.45, 7) is 0. The zero-order valence-corrected chi connectivity index (χ0v) is 9.73. The van der Waals surface area contributed by atoms with E-state index in [1.165, 1.54) is 0 Å². The van der Waals surface area contributed by atoms with Gasteiger partial charge in [-0.3, -0.25) is 4.79 Å². The van der Waals surface area contributed by atoms with Crippen molar-refractivity contribution in [2.24, 2.45) is 5.92 Å². The zero-order chi connectivity index (χ0) is 12.3. The number of halogens is 1. The van der Waals surface area contributed by atoms with Crippen LogP contribution in [-0.4, -0.2) is 11.1 Å². The highest BCUT2D eigenvalue weighted by Gasteiger charge is 2.27. The van der Waals surface area contributed by atoms with Gasteiger partial charge in [-0.2, -0.15) is 0 Å². The van der Waals surface area contributed by atoms with E-state index in [0.717, 1.165) is 25.7 Å². The maximum absolute atomic E-state index is 14.4. The largest absolute Gasteiger partial charge is 0.481 e. The van der Waals surface area contributed by atoms with Crippen LogP contribution in [0.2, 0.25) is 0 Å². The molecule has 0 aromatic heterocycles. The Balaban J connectivity index is 2.20. The number of benzene rings is 1. The van der Waals surface area contributed by atoms with Crippen LogP contribution in [0.3, 0.4) is 0 Å². The fourth-order valence-electron chi connectivity index (χ4n) is 2.63. The van der Waals surface area contributed by atoms with Crippen LogP contribution in [0.15, 0.2) is 24.3 Å². The number of carboxylic acid groups (broad SMARTS) is 1. The minimum Gasteiger partial charge on any atom is -0.481 e. The van der Waals surface area contributed by atoms with E-state index < -0.39 is 12.1 Å². The van der Waals surface area contributed by atoms with E-state index >= 15 is 0 Å². The molecule has 0 radical (unpaired) electrons. The lowest BCUT2D eigenvalue weighted by Crippen LogP contribution is -2.10. The summed E-state index contributed by atoms with van der Waals surface area (Å²) >= 11 is 0. The Hall–Kier alpha value is -1.38. The zero-order valence-electron chi connectivity index (χ0n) is 9.73. The molecule has 1 aromatic carbocycles. The lowest BCUT2D eigenvalue weighted by Gasteiger charge is -2.18. The number of carbonyl (C=O) groups is 1. The van der Waals surface area contributed by atoms with Crippen molar-refractivity contribution in [3.8, 4) is 0 Å². The van der Waals surface area contributed by atoms with Crippen LogP contribution in [0, 0.1) is 5.92 Å². The molecular weight excluding hydrogens is 219 g/mol. The van der Waals surface area contributed by atoms with Crippen LogP contribution in [0.1, 0.15) is 43.0 Å². The van der Waals surface area contributed by atoms with Crippen molar-refractivity contribution < 1.29 is 14.3 Å². The average molecular weight is 236 g/mol. The van der Waals surface area contributed by atoms with Gasteiger partial charge in [0.15, 0.2) is 0 Å². The van der Waals surface area contributed by atoms with Gasteiger partial charge in [0.2, 0.25) is 0 Å². The predicted molar refractivity (Wildman–Crippen MR) is 63.6 cm³/mol. The topological polar surface area (TPSA) is 37.3 Å². The first-order chi connectivity index (χ1) is 8.18. The van der Waals surface area contributed by atoms with Gasteiger partial charge in [0.1, 0.15) is 6.17 Å². The Labute approximate surface area is 100 Å². The van der Waals surface area contributed by atoms with Crippen molar-refractivity contribution in [1.82, 2.24) is 0 Å². The molecule has 1 unspecified atom stereocenters. The molecular formula is C14H17FO2. The number of carboxylic acids is 1. The predicted octanol–water partition coefficient (Wildman–Crippen LogP) is 3.51. The first-order valence-electron chi connectivity index (χ1n) is 6.12. The lowest BCUT2D eigenvalue weighted by molar-refractivity contribution is -0.136. The van der Waals surface area contributed by atoms with E-state index in [1.54, 1.807) is 24.3 Å². The van der Waals surface area contributed by atoms with Crippen molar-refractivity contribution in [3.05, 3.63) is 35.4 Å². The molecule has 1 N–H and O–H groups in total. The molecule has 17 heavy (non-hydrogen) atoms. The molecule has 0 bridgehead atoms. The van der Waals surface area contributed by atoms with Crippen LogP contribution < -0.4 is 0 Å². The molecule has 2 rings (SSSR count). The van der Waals surface area contributed by atoms with Crippen molar-refractivity contribution in [3.63, 3.8) is 0 Å². The number of hydrogen-bond donors (Lipinski definition) is 1. The maximum atomic E-state index is 14.4. The Morgan fingerprint density at radius 1 is 1.35 bits per heavy atom. The monoisotopic (exact) mass is 236 g/mol. The number of aliphatic carboxylic acids is 1. The average Bonchev–Trinajstić information content (AvgIpc) is 2.81. The number of hydrogen-bond acceptors (Lipinski definition) is 1. The standard InChI is InChI=1S/C14H17FO2/c15-14(10-5-1-2-6-10)12-8-4-3-7-11(12)9-13(16)17/h3-4,7-8,10,14H,1-2,5-6,9H2,(H,16,17). The summed E-state index contributed by atoms with van der Waals surface area (Å²) in [6.07, 6.45) is 2.92. The smallest absolute Gasteiger partial charge is 0.307 e. The second-order valence-corrected chi connectivity index (χ2v) is 4.72. The summed E-state index contributed by atoms with van der Waals surface area (Å²) in [5, 5.41) is 8.82. The van der Waals surface area contributed by atoms with Crippen molar-refractivity contribution >= 4 is 5.97 Å². The molecule has 0 saturated heterocycles. The lowest BCUT2D eigenvalue weighted by atomic mass is 9.91. The van der Waals surface area contributed by atoms with Crippen LogP contribution in [0.5, 0.6) is 0 Å². The summed E-state index contributed by atoms with van der Waals surface area (Å²) in [5.74, 6) is -0.832. The van der Waals surface area contributed by atoms with Gasteiger partial charge in [0.05, 0.1) is 6.42 Å². The third-order valence-electron chi connectivity index (χ3n) is 3.51. The van der Waals surface area contributed by atoms with E-state index in [4.69, 9.17) is 5.11 Å². The fourth-order valence-corrected chi connectivity index (χ4v) is 2.63. The first kappa shape index (κ1) is 12.1. The molecule has 1 aliphatic carbocycles. The molecule has 2 nitrogen and oxygen atoms in total. The molecule has 0 aliphatic heterocycles. The third-order valence-corrected chi connectivity index (χ3v) is 3.51. The SMILES string of the molecule is O=C(O)Cc1ccccc1C(F)C1CCCC1. The highest BCUT2D eigenvalue weighted by molar-refractivity contribution is 5.70. The van der Waals surface area contributed by atoms with Crippen molar-refractivity contribution in [2.75, 3.05) is 0 Å². The molecule has 0 amide bonds. The fraction of sp³-hybridized carbons (Fsp3) is 0.500. The van der Waals surface area contributed by atoms with E-state index in [-0.39, 0.29) is 12.3 Å². The molecule has 0 heterocycles. The molecule has 1 saturated carbocycles. The second kappa shape index (κ2) is 5.30. The van der Waals surface area contributed by atoms with Gasteiger partial charge in [0, 0.05) is 0 Å². The minimum atomic E-state index is -1.01. The molecule has 92 valence electrons. The van der Waals surface area contributed by atoms with Crippen LogP contribution >= 0.6 is 0 Å². The normalized spacial score (nSPS) is 18.2. The molecule has 1 aliphatic rings. The van der Waals surface area contributed by atoms with E-state index in [9.17, 15) is 9.18 Å². The molecule has 1 fully saturated rings. The second-order valence-electron chi connectivity index (χ2n) is 4.72. The molecule has 1 aromatic rings. The highest BCUT2D eigenvalue weighted by atomic mass is 19.1. The van der Waals surface area contributed by atoms with Gasteiger partial charge in [-0.05, 0) is 29.9 Å². The number of rotatable bonds is 4. The Morgan fingerprint density at radius 3 is 2.65 bits per heavy atom. The summed E-state index contributed by atoms with van der Waals surface area (Å²) < 4.78 is 14.4. The third kappa shape index (κ3) is 2.84. The summed E-state index contributed by atoms with van der Waals surface area (Å²) in [7, 11) is 0. The minimum absolute atomic E-state index is 0.0740. The summed E-state index contributed by atoms with van der Waals surface area (Å²) in [5.41, 5.74) is 1.18. The van der Waals surface area contributed by atoms with E-state index in [0.29, 0.717) is 11.1 Å². The Kier molecular flexibility index (Phi) is 3.77. The van der Waals surface area contributed by atoms with Crippen molar-refractivity contribution in [1.29, 1.82) is 0 Å². The Bertz CT molecular complexity index is 397. The van der Waals surface area contributed by atoms with Gasteiger partial charge >= 0.3 is 5.97 Å². The van der Waals surface area contributed by atoms with E-state index in [2.05, 4.69) is 0 Å². The van der Waals surface area contributed by atoms with Crippen LogP contribution in [0.4, 0.5) is 4.39 Å². The van der Waals surface area contributed by atoms with Crippen LogP contribution in [-0.2, 0) is 11.2 Å². The van der Waals surface area contributed by atoms with Crippen LogP contribution in [0.25, 0.3) is 0 Å². The molecule has 0 spiro atoms. The Morgan fingerprint density at radius 2 is 2.00 bits per heavy atom. The maximum Gasteiger partial charge on any atom is 0.307 e. The van der Waals surface area contributed by atoms with Gasteiger partial charge in [-0.25, -0.2) is 4.39 Å². The summed E-state index contributed by atoms with van der Waals surface area (Å²) in [4.78, 5) is 10.7. The van der Waals surface area contributed by atoms with Gasteiger partial charge in [0.25, 0.3) is 0 Å². The first-order valence-corrected chi connectivity index (χ1v) is 6.12. The molecule has 1 atom stereocenters. The van der Waals surface area contributed by atoms with E-state index in [1.807, 2.05) is 0 Å². The quantitative estimate of drug-likeness (QED) is 0.868. The number of alkyl halides is 1. The highest BCUT2D eigenvalue weighted by Crippen LogP contribution is 2.39.